The maximum atomic E-state index is 12.1. The molecule has 2 N–H and O–H groups in total. The van der Waals surface area contributed by atoms with Crippen molar-refractivity contribution in [2.75, 3.05) is 23.8 Å². The standard InChI is InChI=1S/C25H30N2O6/c1-16(2)14-33-25(31)19-6-5-7-20(13-19)26-22(28)10-11-24(30)32-15-23(29)27-21-12-17(3)8-9-18(21)4/h5-9,12-13,16H,10-11,14-15H2,1-4H3,(H,26,28)(H,27,29). The molecule has 33 heavy (non-hydrogen) atoms. The number of rotatable bonds is 10. The maximum absolute atomic E-state index is 12.1. The minimum absolute atomic E-state index is 0.126. The summed E-state index contributed by atoms with van der Waals surface area (Å²) < 4.78 is 10.1. The summed E-state index contributed by atoms with van der Waals surface area (Å²) in [5, 5.41) is 5.33. The number of benzene rings is 2. The van der Waals surface area contributed by atoms with Crippen LogP contribution in [0, 0.1) is 19.8 Å². The highest BCUT2D eigenvalue weighted by molar-refractivity contribution is 5.96. The van der Waals surface area contributed by atoms with Crippen molar-refractivity contribution in [3.05, 3.63) is 59.2 Å². The summed E-state index contributed by atoms with van der Waals surface area (Å²) in [6, 6.07) is 12.0. The van der Waals surface area contributed by atoms with Crippen LogP contribution in [0.2, 0.25) is 0 Å². The number of anilines is 2. The molecule has 0 radical (unpaired) electrons. The Morgan fingerprint density at radius 3 is 2.36 bits per heavy atom. The Balaban J connectivity index is 1.75. The molecular formula is C25H30N2O6. The van der Waals surface area contributed by atoms with Gasteiger partial charge in [0.25, 0.3) is 5.91 Å². The van der Waals surface area contributed by atoms with Crippen molar-refractivity contribution in [1.29, 1.82) is 0 Å². The summed E-state index contributed by atoms with van der Waals surface area (Å²) in [6.07, 6.45) is -0.307. The predicted octanol–water partition coefficient (Wildman–Crippen LogP) is 4.02. The van der Waals surface area contributed by atoms with Gasteiger partial charge in [-0.15, -0.1) is 0 Å². The number of amides is 2. The molecule has 2 amide bonds. The van der Waals surface area contributed by atoms with E-state index in [1.54, 1.807) is 18.2 Å². The van der Waals surface area contributed by atoms with E-state index in [4.69, 9.17) is 9.47 Å². The molecule has 8 nitrogen and oxygen atoms in total. The number of carbonyl (C=O) groups excluding carboxylic acids is 4. The van der Waals surface area contributed by atoms with Crippen LogP contribution in [0.3, 0.4) is 0 Å². The van der Waals surface area contributed by atoms with E-state index in [0.717, 1.165) is 11.1 Å². The Hall–Kier alpha value is -3.68. The first-order valence-corrected chi connectivity index (χ1v) is 10.7. The average molecular weight is 455 g/mol. The molecule has 0 saturated heterocycles. The van der Waals surface area contributed by atoms with Gasteiger partial charge < -0.3 is 20.1 Å². The van der Waals surface area contributed by atoms with Crippen LogP contribution in [0.15, 0.2) is 42.5 Å². The molecule has 176 valence electrons. The molecule has 0 bridgehead atoms. The molecule has 0 unspecified atom stereocenters. The summed E-state index contributed by atoms with van der Waals surface area (Å²) in [7, 11) is 0. The number of hydrogen-bond acceptors (Lipinski definition) is 6. The molecule has 0 aliphatic heterocycles. The summed E-state index contributed by atoms with van der Waals surface area (Å²) in [5.74, 6) is -1.79. The average Bonchev–Trinajstić information content (AvgIpc) is 2.77. The molecule has 8 heteroatoms. The number of hydrogen-bond donors (Lipinski definition) is 2. The molecule has 0 saturated carbocycles. The van der Waals surface area contributed by atoms with Crippen molar-refractivity contribution in [3.8, 4) is 0 Å². The fraction of sp³-hybridized carbons (Fsp3) is 0.360. The number of nitrogens with one attached hydrogen (secondary N) is 2. The first-order valence-electron chi connectivity index (χ1n) is 10.7. The molecule has 2 aromatic carbocycles. The highest BCUT2D eigenvalue weighted by Crippen LogP contribution is 2.16. The van der Waals surface area contributed by atoms with Crippen LogP contribution in [0.25, 0.3) is 0 Å². The Morgan fingerprint density at radius 1 is 0.879 bits per heavy atom. The number of carbonyl (C=O) groups is 4. The first kappa shape index (κ1) is 25.6. The van der Waals surface area contributed by atoms with Crippen LogP contribution in [0.4, 0.5) is 11.4 Å². The van der Waals surface area contributed by atoms with Gasteiger partial charge in [0.15, 0.2) is 6.61 Å². The maximum Gasteiger partial charge on any atom is 0.338 e. The molecular weight excluding hydrogens is 424 g/mol. The number of esters is 2. The zero-order valence-electron chi connectivity index (χ0n) is 19.4. The Bertz CT molecular complexity index is 1020. The molecule has 0 aromatic heterocycles. The van der Waals surface area contributed by atoms with E-state index in [2.05, 4.69) is 10.6 Å². The van der Waals surface area contributed by atoms with Gasteiger partial charge in [-0.2, -0.15) is 0 Å². The first-order chi connectivity index (χ1) is 15.6. The minimum atomic E-state index is -0.660. The highest BCUT2D eigenvalue weighted by Gasteiger charge is 2.13. The molecule has 2 rings (SSSR count). The molecule has 0 aliphatic rings. The zero-order valence-corrected chi connectivity index (χ0v) is 19.4. The van der Waals surface area contributed by atoms with Gasteiger partial charge in [-0.1, -0.05) is 32.0 Å². The van der Waals surface area contributed by atoms with Gasteiger partial charge in [-0.3, -0.25) is 14.4 Å². The predicted molar refractivity (Wildman–Crippen MR) is 125 cm³/mol. The van der Waals surface area contributed by atoms with E-state index >= 15 is 0 Å². The van der Waals surface area contributed by atoms with E-state index < -0.39 is 30.4 Å². The van der Waals surface area contributed by atoms with Crippen molar-refractivity contribution in [2.24, 2.45) is 5.92 Å². The van der Waals surface area contributed by atoms with E-state index in [-0.39, 0.29) is 18.8 Å². The molecule has 0 aliphatic carbocycles. The number of ether oxygens (including phenoxy) is 2. The number of aryl methyl sites for hydroxylation is 2. The quantitative estimate of drug-likeness (QED) is 0.525. The van der Waals surface area contributed by atoms with Gasteiger partial charge >= 0.3 is 11.9 Å². The van der Waals surface area contributed by atoms with Crippen molar-refractivity contribution in [3.63, 3.8) is 0 Å². The minimum Gasteiger partial charge on any atom is -0.462 e. The van der Waals surface area contributed by atoms with Crippen LogP contribution in [0.1, 0.15) is 48.2 Å². The van der Waals surface area contributed by atoms with Gasteiger partial charge in [0, 0.05) is 17.8 Å². The van der Waals surface area contributed by atoms with Gasteiger partial charge in [-0.05, 0) is 55.2 Å². The van der Waals surface area contributed by atoms with Crippen LogP contribution < -0.4 is 10.6 Å². The molecule has 0 heterocycles. The van der Waals surface area contributed by atoms with E-state index in [0.29, 0.717) is 23.5 Å². The third-order valence-electron chi connectivity index (χ3n) is 4.52. The van der Waals surface area contributed by atoms with Crippen molar-refractivity contribution in [2.45, 2.75) is 40.5 Å². The van der Waals surface area contributed by atoms with Gasteiger partial charge in [0.2, 0.25) is 5.91 Å². The van der Waals surface area contributed by atoms with Crippen LogP contribution in [0.5, 0.6) is 0 Å². The summed E-state index contributed by atoms with van der Waals surface area (Å²) >= 11 is 0. The SMILES string of the molecule is Cc1ccc(C)c(NC(=O)COC(=O)CCC(=O)Nc2cccc(C(=O)OCC(C)C)c2)c1. The van der Waals surface area contributed by atoms with Crippen molar-refractivity contribution in [1.82, 2.24) is 0 Å². The lowest BCUT2D eigenvalue weighted by Crippen LogP contribution is -2.22. The Kier molecular flexibility index (Phi) is 9.60. The van der Waals surface area contributed by atoms with Gasteiger partial charge in [0.1, 0.15) is 0 Å². The van der Waals surface area contributed by atoms with E-state index in [1.807, 2.05) is 45.9 Å². The molecule has 2 aromatic rings. The zero-order chi connectivity index (χ0) is 24.4. The fourth-order valence-electron chi connectivity index (χ4n) is 2.76. The van der Waals surface area contributed by atoms with Crippen LogP contribution in [-0.2, 0) is 23.9 Å². The topological polar surface area (TPSA) is 111 Å². The smallest absolute Gasteiger partial charge is 0.338 e. The lowest BCUT2D eigenvalue weighted by atomic mass is 10.1. The third kappa shape index (κ3) is 9.14. The molecule has 0 spiro atoms. The third-order valence-corrected chi connectivity index (χ3v) is 4.52. The lowest BCUT2D eigenvalue weighted by Gasteiger charge is -2.10. The Labute approximate surface area is 193 Å². The second-order valence-electron chi connectivity index (χ2n) is 8.15. The monoisotopic (exact) mass is 454 g/mol. The fourth-order valence-corrected chi connectivity index (χ4v) is 2.76. The highest BCUT2D eigenvalue weighted by atomic mass is 16.5. The molecule has 0 atom stereocenters. The summed E-state index contributed by atoms with van der Waals surface area (Å²) in [4.78, 5) is 48.1. The van der Waals surface area contributed by atoms with Gasteiger partial charge in [-0.25, -0.2) is 4.79 Å². The largest absolute Gasteiger partial charge is 0.462 e. The van der Waals surface area contributed by atoms with E-state index in [9.17, 15) is 19.2 Å². The Morgan fingerprint density at radius 2 is 1.64 bits per heavy atom. The summed E-state index contributed by atoms with van der Waals surface area (Å²) in [6.45, 7) is 7.52. The normalized spacial score (nSPS) is 10.5. The molecule has 0 fully saturated rings. The van der Waals surface area contributed by atoms with Crippen LogP contribution in [-0.4, -0.2) is 37.0 Å². The summed E-state index contributed by atoms with van der Waals surface area (Å²) in [5.41, 5.74) is 3.29. The second kappa shape index (κ2) is 12.4. The van der Waals surface area contributed by atoms with E-state index in [1.165, 1.54) is 6.07 Å². The van der Waals surface area contributed by atoms with Crippen molar-refractivity contribution < 1.29 is 28.7 Å². The second-order valence-corrected chi connectivity index (χ2v) is 8.15. The van der Waals surface area contributed by atoms with Crippen LogP contribution >= 0.6 is 0 Å². The van der Waals surface area contributed by atoms with Crippen molar-refractivity contribution >= 4 is 35.1 Å². The lowest BCUT2D eigenvalue weighted by molar-refractivity contribution is -0.147. The van der Waals surface area contributed by atoms with Gasteiger partial charge in [0.05, 0.1) is 18.6 Å².